The summed E-state index contributed by atoms with van der Waals surface area (Å²) in [6, 6.07) is 14.8. The van der Waals surface area contributed by atoms with Gasteiger partial charge in [-0.25, -0.2) is 4.98 Å². The third-order valence-corrected chi connectivity index (χ3v) is 3.27. The van der Waals surface area contributed by atoms with Gasteiger partial charge in [0, 0.05) is 11.4 Å². The molecule has 0 radical (unpaired) electrons. The SMILES string of the molecule is CC(C)Cc1cccc(Nc2cccc(CC(C)C)n2)c1. The van der Waals surface area contributed by atoms with Gasteiger partial charge in [0.2, 0.25) is 0 Å². The van der Waals surface area contributed by atoms with Gasteiger partial charge in [0.15, 0.2) is 0 Å². The van der Waals surface area contributed by atoms with Crippen LogP contribution in [0.5, 0.6) is 0 Å². The molecule has 2 rings (SSSR count). The second-order valence-corrected chi connectivity index (χ2v) is 6.54. The zero-order chi connectivity index (χ0) is 15.2. The summed E-state index contributed by atoms with van der Waals surface area (Å²) in [6.45, 7) is 8.93. The summed E-state index contributed by atoms with van der Waals surface area (Å²) in [7, 11) is 0. The molecule has 0 atom stereocenters. The molecule has 0 amide bonds. The van der Waals surface area contributed by atoms with E-state index in [-0.39, 0.29) is 0 Å². The maximum absolute atomic E-state index is 4.69. The Morgan fingerprint density at radius 2 is 1.62 bits per heavy atom. The first kappa shape index (κ1) is 15.6. The number of hydrogen-bond acceptors (Lipinski definition) is 2. The van der Waals surface area contributed by atoms with E-state index in [0.717, 1.165) is 30.0 Å². The van der Waals surface area contributed by atoms with Crippen molar-refractivity contribution in [2.75, 3.05) is 5.32 Å². The minimum atomic E-state index is 0.627. The highest BCUT2D eigenvalue weighted by Gasteiger charge is 2.03. The molecule has 0 unspecified atom stereocenters. The number of anilines is 2. The lowest BCUT2D eigenvalue weighted by atomic mass is 10.0. The number of benzene rings is 1. The van der Waals surface area contributed by atoms with Crippen molar-refractivity contribution >= 4 is 11.5 Å². The van der Waals surface area contributed by atoms with Gasteiger partial charge < -0.3 is 5.32 Å². The van der Waals surface area contributed by atoms with E-state index in [4.69, 9.17) is 0 Å². The lowest BCUT2D eigenvalue weighted by molar-refractivity contribution is 0.636. The van der Waals surface area contributed by atoms with E-state index in [9.17, 15) is 0 Å². The Hall–Kier alpha value is -1.83. The molecule has 0 saturated heterocycles. The minimum absolute atomic E-state index is 0.627. The molecule has 0 bridgehead atoms. The van der Waals surface area contributed by atoms with Crippen LogP contribution in [0.15, 0.2) is 42.5 Å². The summed E-state index contributed by atoms with van der Waals surface area (Å²) in [5, 5.41) is 3.42. The molecular formula is C19H26N2. The van der Waals surface area contributed by atoms with Crippen LogP contribution in [0.3, 0.4) is 0 Å². The molecule has 0 fully saturated rings. The Labute approximate surface area is 128 Å². The van der Waals surface area contributed by atoms with Crippen LogP contribution in [0.4, 0.5) is 11.5 Å². The normalized spacial score (nSPS) is 11.1. The van der Waals surface area contributed by atoms with Gasteiger partial charge in [-0.3, -0.25) is 0 Å². The van der Waals surface area contributed by atoms with Crippen molar-refractivity contribution in [2.45, 2.75) is 40.5 Å². The van der Waals surface area contributed by atoms with Crippen molar-refractivity contribution < 1.29 is 0 Å². The summed E-state index contributed by atoms with van der Waals surface area (Å²) in [5.41, 5.74) is 3.63. The van der Waals surface area contributed by atoms with Crippen molar-refractivity contribution in [1.29, 1.82) is 0 Å². The number of nitrogens with zero attached hydrogens (tertiary/aromatic N) is 1. The largest absolute Gasteiger partial charge is 0.340 e. The van der Waals surface area contributed by atoms with Crippen molar-refractivity contribution in [3.8, 4) is 0 Å². The monoisotopic (exact) mass is 282 g/mol. The van der Waals surface area contributed by atoms with Crippen LogP contribution in [0.25, 0.3) is 0 Å². The first-order valence-corrected chi connectivity index (χ1v) is 7.85. The van der Waals surface area contributed by atoms with Crippen LogP contribution in [0.1, 0.15) is 39.0 Å². The molecule has 2 aromatic rings. The fourth-order valence-corrected chi connectivity index (χ4v) is 2.48. The summed E-state index contributed by atoms with van der Waals surface area (Å²) < 4.78 is 0. The van der Waals surface area contributed by atoms with Gasteiger partial charge in [0.25, 0.3) is 0 Å². The second kappa shape index (κ2) is 7.26. The molecule has 0 spiro atoms. The smallest absolute Gasteiger partial charge is 0.130 e. The van der Waals surface area contributed by atoms with Crippen LogP contribution < -0.4 is 5.32 Å². The molecule has 1 aromatic carbocycles. The number of nitrogens with one attached hydrogen (secondary N) is 1. The van der Waals surface area contributed by atoms with E-state index >= 15 is 0 Å². The lowest BCUT2D eigenvalue weighted by Gasteiger charge is -2.11. The summed E-state index contributed by atoms with van der Waals surface area (Å²) >= 11 is 0. The van der Waals surface area contributed by atoms with Gasteiger partial charge in [-0.1, -0.05) is 45.9 Å². The zero-order valence-electron chi connectivity index (χ0n) is 13.6. The number of rotatable bonds is 6. The lowest BCUT2D eigenvalue weighted by Crippen LogP contribution is -2.01. The van der Waals surface area contributed by atoms with Crippen molar-refractivity contribution in [3.05, 3.63) is 53.7 Å². The van der Waals surface area contributed by atoms with Gasteiger partial charge in [-0.15, -0.1) is 0 Å². The number of aromatic nitrogens is 1. The first-order valence-electron chi connectivity index (χ1n) is 7.85. The van der Waals surface area contributed by atoms with Gasteiger partial charge in [-0.2, -0.15) is 0 Å². The fraction of sp³-hybridized carbons (Fsp3) is 0.421. The molecule has 1 heterocycles. The Bertz CT molecular complexity index is 522. The fourth-order valence-electron chi connectivity index (χ4n) is 2.48. The Balaban J connectivity index is 2.10. The quantitative estimate of drug-likeness (QED) is 0.785. The molecule has 0 aliphatic rings. The molecule has 112 valence electrons. The topological polar surface area (TPSA) is 24.9 Å². The Morgan fingerprint density at radius 1 is 0.905 bits per heavy atom. The maximum atomic E-state index is 4.69. The molecule has 1 aromatic heterocycles. The van der Waals surface area contributed by atoms with E-state index in [1.165, 1.54) is 5.56 Å². The number of hydrogen-bond donors (Lipinski definition) is 1. The van der Waals surface area contributed by atoms with Gasteiger partial charge in [0.05, 0.1) is 0 Å². The average Bonchev–Trinajstić information content (AvgIpc) is 2.37. The Morgan fingerprint density at radius 3 is 2.33 bits per heavy atom. The summed E-state index contributed by atoms with van der Waals surface area (Å²) in [5.74, 6) is 2.23. The maximum Gasteiger partial charge on any atom is 0.130 e. The third kappa shape index (κ3) is 5.22. The minimum Gasteiger partial charge on any atom is -0.340 e. The highest BCUT2D eigenvalue weighted by molar-refractivity contribution is 5.57. The van der Waals surface area contributed by atoms with Crippen molar-refractivity contribution in [3.63, 3.8) is 0 Å². The predicted molar refractivity (Wildman–Crippen MR) is 91.0 cm³/mol. The molecule has 21 heavy (non-hydrogen) atoms. The second-order valence-electron chi connectivity index (χ2n) is 6.54. The van der Waals surface area contributed by atoms with Crippen LogP contribution in [-0.4, -0.2) is 4.98 Å². The third-order valence-electron chi connectivity index (χ3n) is 3.27. The molecule has 0 aliphatic carbocycles. The molecule has 0 aliphatic heterocycles. The van der Waals surface area contributed by atoms with Crippen LogP contribution >= 0.6 is 0 Å². The molecule has 1 N–H and O–H groups in total. The van der Waals surface area contributed by atoms with Crippen molar-refractivity contribution in [2.24, 2.45) is 11.8 Å². The highest BCUT2D eigenvalue weighted by atomic mass is 15.0. The molecule has 2 nitrogen and oxygen atoms in total. The van der Waals surface area contributed by atoms with Gasteiger partial charge in [0.1, 0.15) is 5.82 Å². The Kier molecular flexibility index (Phi) is 5.38. The first-order chi connectivity index (χ1) is 10.0. The number of pyridine rings is 1. The van der Waals surface area contributed by atoms with Crippen molar-refractivity contribution in [1.82, 2.24) is 4.98 Å². The highest BCUT2D eigenvalue weighted by Crippen LogP contribution is 2.19. The predicted octanol–water partition coefficient (Wildman–Crippen LogP) is 5.22. The molecule has 2 heteroatoms. The standard InChI is InChI=1S/C19H26N2/c1-14(2)11-16-7-5-8-18(13-16)21-19-10-6-9-17(20-19)12-15(3)4/h5-10,13-15H,11-12H2,1-4H3,(H,20,21). The zero-order valence-corrected chi connectivity index (χ0v) is 13.6. The van der Waals surface area contributed by atoms with E-state index in [1.54, 1.807) is 0 Å². The van der Waals surface area contributed by atoms with Crippen LogP contribution in [-0.2, 0) is 12.8 Å². The van der Waals surface area contributed by atoms with E-state index in [2.05, 4.69) is 74.4 Å². The summed E-state index contributed by atoms with van der Waals surface area (Å²) in [6.07, 6.45) is 2.12. The van der Waals surface area contributed by atoms with Crippen LogP contribution in [0, 0.1) is 11.8 Å². The van der Waals surface area contributed by atoms with Gasteiger partial charge >= 0.3 is 0 Å². The summed E-state index contributed by atoms with van der Waals surface area (Å²) in [4.78, 5) is 4.69. The van der Waals surface area contributed by atoms with Crippen LogP contribution in [0.2, 0.25) is 0 Å². The van der Waals surface area contributed by atoms with E-state index < -0.39 is 0 Å². The average molecular weight is 282 g/mol. The van der Waals surface area contributed by atoms with Gasteiger partial charge in [-0.05, 0) is 54.5 Å². The van der Waals surface area contributed by atoms with E-state index in [1.807, 2.05) is 6.07 Å². The molecule has 0 saturated carbocycles. The van der Waals surface area contributed by atoms with E-state index in [0.29, 0.717) is 11.8 Å². The molecular weight excluding hydrogens is 256 g/mol.